The van der Waals surface area contributed by atoms with Crippen LogP contribution < -0.4 is 5.11 Å². The van der Waals surface area contributed by atoms with Crippen molar-refractivity contribution in [3.63, 3.8) is 0 Å². The summed E-state index contributed by atoms with van der Waals surface area (Å²) < 4.78 is 5.32. The van der Waals surface area contributed by atoms with Crippen LogP contribution in [-0.2, 0) is 27.0 Å². The van der Waals surface area contributed by atoms with Crippen LogP contribution in [0.1, 0.15) is 19.4 Å². The highest BCUT2D eigenvalue weighted by molar-refractivity contribution is 7.97. The number of amides is 2. The smallest absolute Gasteiger partial charge is 0.410 e. The zero-order valence-corrected chi connectivity index (χ0v) is 17.5. The van der Waals surface area contributed by atoms with Crippen molar-refractivity contribution < 1.29 is 19.4 Å². The van der Waals surface area contributed by atoms with E-state index in [0.29, 0.717) is 31.9 Å². The van der Waals surface area contributed by atoms with E-state index in [9.17, 15) is 14.7 Å². The molecule has 0 spiro atoms. The number of nitrogens with zero attached hydrogens (tertiary/aromatic N) is 3. The Kier molecular flexibility index (Phi) is 9.13. The highest BCUT2D eigenvalue weighted by atomic mass is 32.2. The van der Waals surface area contributed by atoms with Gasteiger partial charge in [-0.2, -0.15) is 0 Å². The molecule has 1 heterocycles. The second-order valence-corrected chi connectivity index (χ2v) is 9.12. The maximum Gasteiger partial charge on any atom is 0.410 e. The fraction of sp³-hybridized carbons (Fsp3) is 0.550. The molecule has 8 heteroatoms. The minimum atomic E-state index is -0.373. The number of hydrogen-bond donors (Lipinski definition) is 0. The number of hydrogen-bond acceptors (Lipinski definition) is 5. The summed E-state index contributed by atoms with van der Waals surface area (Å²) >= 11 is 0. The predicted octanol–water partition coefficient (Wildman–Crippen LogP) is 0.884. The van der Waals surface area contributed by atoms with Crippen molar-refractivity contribution in [2.75, 3.05) is 50.0 Å². The van der Waals surface area contributed by atoms with Gasteiger partial charge in [-0.05, 0) is 30.3 Å². The van der Waals surface area contributed by atoms with Gasteiger partial charge >= 0.3 is 6.09 Å². The van der Waals surface area contributed by atoms with E-state index < -0.39 is 0 Å². The van der Waals surface area contributed by atoms with Gasteiger partial charge < -0.3 is 19.6 Å². The molecule has 0 aromatic heterocycles. The van der Waals surface area contributed by atoms with Crippen molar-refractivity contribution in [2.45, 2.75) is 20.5 Å². The van der Waals surface area contributed by atoms with E-state index in [1.54, 1.807) is 9.80 Å². The van der Waals surface area contributed by atoms with Crippen LogP contribution in [0, 0.1) is 0 Å². The number of carbonyl (C=O) groups is 2. The third-order valence-corrected chi connectivity index (χ3v) is 6.92. The number of aliphatic imine (C=N–C) groups is 1. The van der Waals surface area contributed by atoms with Crippen LogP contribution in [0.4, 0.5) is 4.79 Å². The third-order valence-electron chi connectivity index (χ3n) is 4.63. The summed E-state index contributed by atoms with van der Waals surface area (Å²) in [6, 6.07) is 9.51. The van der Waals surface area contributed by atoms with Gasteiger partial charge in [-0.25, -0.2) is 4.79 Å². The molecule has 28 heavy (non-hydrogen) atoms. The molecule has 1 aliphatic rings. The lowest BCUT2D eigenvalue weighted by molar-refractivity contribution is -0.215. The number of carbonyl (C=O) groups excluding carboxylic acids is 2. The normalized spacial score (nSPS) is 15.0. The highest BCUT2D eigenvalue weighted by Crippen LogP contribution is 2.07. The van der Waals surface area contributed by atoms with E-state index >= 15 is 0 Å². The number of piperazine rings is 1. The Labute approximate surface area is 169 Å². The Morgan fingerprint density at radius 2 is 1.68 bits per heavy atom. The van der Waals surface area contributed by atoms with Gasteiger partial charge in [0.2, 0.25) is 5.91 Å². The average Bonchev–Trinajstić information content (AvgIpc) is 2.74. The standard InChI is InChI=1S/C20H29N3O4S/c1-3-28(4-2)16-18(24)21-14-19(25)22-10-12-23(13-11-22)20(26)27-15-17-8-6-5-7-9-17/h5-9H,3-4,10-16H2,1-2H3. The number of benzene rings is 1. The Balaban J connectivity index is 1.72. The van der Waals surface area contributed by atoms with E-state index in [0.717, 1.165) is 17.1 Å². The maximum atomic E-state index is 12.3. The van der Waals surface area contributed by atoms with Crippen LogP contribution in [0.25, 0.3) is 0 Å². The van der Waals surface area contributed by atoms with Crippen LogP contribution in [0.5, 0.6) is 0 Å². The first-order valence-electron chi connectivity index (χ1n) is 9.61. The quantitative estimate of drug-likeness (QED) is 0.364. The van der Waals surface area contributed by atoms with Gasteiger partial charge in [0.15, 0.2) is 0 Å². The van der Waals surface area contributed by atoms with Gasteiger partial charge in [0, 0.05) is 32.1 Å². The van der Waals surface area contributed by atoms with E-state index in [4.69, 9.17) is 4.74 Å². The van der Waals surface area contributed by atoms with Gasteiger partial charge in [0.25, 0.3) is 0 Å². The van der Waals surface area contributed by atoms with Crippen molar-refractivity contribution in [1.29, 1.82) is 0 Å². The van der Waals surface area contributed by atoms with E-state index in [2.05, 4.69) is 18.8 Å². The molecule has 2 amide bonds. The van der Waals surface area contributed by atoms with Gasteiger partial charge in [-0.15, -0.1) is 0 Å². The Morgan fingerprint density at radius 3 is 2.29 bits per heavy atom. The van der Waals surface area contributed by atoms with Crippen molar-refractivity contribution in [2.24, 2.45) is 4.99 Å². The molecule has 7 nitrogen and oxygen atoms in total. The molecule has 2 rings (SSSR count). The van der Waals surface area contributed by atoms with Crippen LogP contribution in [0.15, 0.2) is 35.3 Å². The molecule has 0 N–H and O–H groups in total. The van der Waals surface area contributed by atoms with Gasteiger partial charge in [0.1, 0.15) is 30.4 Å². The molecule has 0 unspecified atom stereocenters. The Morgan fingerprint density at radius 1 is 1.07 bits per heavy atom. The Bertz CT molecular complexity index is 657. The lowest BCUT2D eigenvalue weighted by Crippen LogP contribution is -2.51. The second kappa shape index (κ2) is 11.6. The molecule has 0 atom stereocenters. The average molecular weight is 408 g/mol. The van der Waals surface area contributed by atoms with E-state index in [1.807, 2.05) is 30.3 Å². The molecule has 1 fully saturated rings. The first kappa shape index (κ1) is 22.1. The first-order valence-corrected chi connectivity index (χ1v) is 11.3. The second-order valence-electron chi connectivity index (χ2n) is 6.45. The van der Waals surface area contributed by atoms with Crippen LogP contribution in [0.3, 0.4) is 0 Å². The monoisotopic (exact) mass is 407 g/mol. The van der Waals surface area contributed by atoms with Gasteiger partial charge in [-0.1, -0.05) is 30.3 Å². The molecule has 0 aliphatic carbocycles. The van der Waals surface area contributed by atoms with Crippen molar-refractivity contribution in [3.8, 4) is 0 Å². The Hall–Kier alpha value is -2.22. The molecule has 0 bridgehead atoms. The van der Waals surface area contributed by atoms with Gasteiger partial charge in [0.05, 0.1) is 0 Å². The zero-order chi connectivity index (χ0) is 20.4. The first-order chi connectivity index (χ1) is 13.5. The maximum absolute atomic E-state index is 12.3. The summed E-state index contributed by atoms with van der Waals surface area (Å²) in [7, 11) is 0.0597. The molecular weight excluding hydrogens is 378 g/mol. The molecule has 154 valence electrons. The van der Waals surface area contributed by atoms with Crippen LogP contribution >= 0.6 is 0 Å². The van der Waals surface area contributed by atoms with Crippen LogP contribution in [-0.4, -0.2) is 77.7 Å². The van der Waals surface area contributed by atoms with Crippen molar-refractivity contribution in [3.05, 3.63) is 35.9 Å². The van der Waals surface area contributed by atoms with Crippen LogP contribution in [0.2, 0.25) is 0 Å². The van der Waals surface area contributed by atoms with Crippen molar-refractivity contribution in [1.82, 2.24) is 9.80 Å². The molecule has 1 aromatic rings. The summed E-state index contributed by atoms with van der Waals surface area (Å²) in [6.07, 6.45) is -0.373. The topological polar surface area (TPSA) is 85.3 Å². The minimum absolute atomic E-state index is 0.0597. The fourth-order valence-electron chi connectivity index (χ4n) is 2.83. The summed E-state index contributed by atoms with van der Waals surface area (Å²) in [5.74, 6) is 2.01. The summed E-state index contributed by atoms with van der Waals surface area (Å²) in [4.78, 5) is 31.6. The van der Waals surface area contributed by atoms with Crippen molar-refractivity contribution >= 4 is 28.8 Å². The fourth-order valence-corrected chi connectivity index (χ4v) is 4.09. The SMILES string of the molecule is CC[S+](CC)CC([O-])=NCC(=O)N1CCN(C(=O)OCc2ccccc2)CC1. The molecule has 1 saturated heterocycles. The summed E-state index contributed by atoms with van der Waals surface area (Å²) in [5, 5.41) is 11.9. The number of rotatable bonds is 8. The largest absolute Gasteiger partial charge is 0.859 e. The molecular formula is C20H29N3O4S. The minimum Gasteiger partial charge on any atom is -0.859 e. The molecule has 1 aliphatic heterocycles. The highest BCUT2D eigenvalue weighted by Gasteiger charge is 2.24. The number of ether oxygens (including phenoxy) is 1. The lowest BCUT2D eigenvalue weighted by atomic mass is 10.2. The van der Waals surface area contributed by atoms with E-state index in [-0.39, 0.29) is 41.9 Å². The molecule has 1 aromatic carbocycles. The molecule has 0 saturated carbocycles. The van der Waals surface area contributed by atoms with E-state index in [1.165, 1.54) is 0 Å². The summed E-state index contributed by atoms with van der Waals surface area (Å²) in [6.45, 7) is 5.95. The molecule has 0 radical (unpaired) electrons. The third kappa shape index (κ3) is 7.07. The van der Waals surface area contributed by atoms with Gasteiger partial charge in [-0.3, -0.25) is 9.79 Å². The zero-order valence-electron chi connectivity index (χ0n) is 16.6. The predicted molar refractivity (Wildman–Crippen MR) is 110 cm³/mol. The summed E-state index contributed by atoms with van der Waals surface area (Å²) in [5.41, 5.74) is 0.935. The lowest BCUT2D eigenvalue weighted by Gasteiger charge is -2.34.